The average molecular weight is 509 g/mol. The molecular formula is C28H36N4O5. The molecule has 198 valence electrons. The number of nitrogens with one attached hydrogen (secondary N) is 1. The van der Waals surface area contributed by atoms with Crippen LogP contribution in [0.15, 0.2) is 48.8 Å². The first kappa shape index (κ1) is 26.6. The second-order valence-corrected chi connectivity index (χ2v) is 10.9. The summed E-state index contributed by atoms with van der Waals surface area (Å²) in [6.07, 6.45) is 4.70. The number of likely N-dealkylation sites (tertiary alicyclic amines) is 1. The first-order valence-electron chi connectivity index (χ1n) is 12.7. The fourth-order valence-electron chi connectivity index (χ4n) is 4.92. The third kappa shape index (κ3) is 6.10. The number of hydrogen-bond donors (Lipinski definition) is 1. The summed E-state index contributed by atoms with van der Waals surface area (Å²) in [6, 6.07) is 9.74. The van der Waals surface area contributed by atoms with Crippen LogP contribution in [0.5, 0.6) is 5.75 Å². The molecule has 3 heterocycles. The lowest BCUT2D eigenvalue weighted by Crippen LogP contribution is -2.59. The second kappa shape index (κ2) is 10.9. The normalized spacial score (nSPS) is 19.1. The number of piperidine rings is 1. The molecule has 37 heavy (non-hydrogen) atoms. The molecule has 0 radical (unpaired) electrons. The summed E-state index contributed by atoms with van der Waals surface area (Å²) >= 11 is 0. The van der Waals surface area contributed by atoms with Gasteiger partial charge in [0.25, 0.3) is 5.91 Å². The van der Waals surface area contributed by atoms with Gasteiger partial charge in [0.05, 0.1) is 13.7 Å². The van der Waals surface area contributed by atoms with Gasteiger partial charge in [0.1, 0.15) is 17.5 Å². The monoisotopic (exact) mass is 508 g/mol. The predicted molar refractivity (Wildman–Crippen MR) is 138 cm³/mol. The zero-order chi connectivity index (χ0) is 26.6. The number of rotatable bonds is 6. The third-order valence-electron chi connectivity index (χ3n) is 6.89. The smallest absolute Gasteiger partial charge is 0.256 e. The lowest BCUT2D eigenvalue weighted by atomic mass is 9.90. The number of carbonyl (C=O) groups excluding carboxylic acids is 3. The van der Waals surface area contributed by atoms with Crippen LogP contribution in [0.25, 0.3) is 0 Å². The van der Waals surface area contributed by atoms with Crippen LogP contribution in [0.1, 0.15) is 56.0 Å². The van der Waals surface area contributed by atoms with Gasteiger partial charge >= 0.3 is 0 Å². The van der Waals surface area contributed by atoms with Gasteiger partial charge < -0.3 is 19.7 Å². The van der Waals surface area contributed by atoms with E-state index in [-0.39, 0.29) is 29.7 Å². The van der Waals surface area contributed by atoms with Gasteiger partial charge in [-0.2, -0.15) is 0 Å². The van der Waals surface area contributed by atoms with Crippen LogP contribution in [-0.4, -0.2) is 71.1 Å². The van der Waals surface area contributed by atoms with Gasteiger partial charge in [0.2, 0.25) is 11.8 Å². The number of pyridine rings is 1. The van der Waals surface area contributed by atoms with E-state index >= 15 is 0 Å². The molecule has 3 amide bonds. The van der Waals surface area contributed by atoms with Crippen LogP contribution in [0, 0.1) is 5.41 Å². The molecule has 2 saturated heterocycles. The lowest BCUT2D eigenvalue weighted by molar-refractivity contribution is -0.145. The fourth-order valence-corrected chi connectivity index (χ4v) is 4.92. The van der Waals surface area contributed by atoms with Crippen molar-refractivity contribution in [2.75, 3.05) is 26.8 Å². The summed E-state index contributed by atoms with van der Waals surface area (Å²) < 4.78 is 11.5. The largest absolute Gasteiger partial charge is 0.497 e. The quantitative estimate of drug-likeness (QED) is 0.644. The van der Waals surface area contributed by atoms with E-state index in [1.54, 1.807) is 48.7 Å². The number of ether oxygens (including phenoxy) is 2. The maximum atomic E-state index is 13.8. The highest BCUT2D eigenvalue weighted by Gasteiger charge is 2.54. The van der Waals surface area contributed by atoms with Gasteiger partial charge in [-0.05, 0) is 41.3 Å². The van der Waals surface area contributed by atoms with Crippen LogP contribution >= 0.6 is 0 Å². The Bertz CT molecular complexity index is 1110. The number of aromatic nitrogens is 1. The van der Waals surface area contributed by atoms with Gasteiger partial charge in [-0.25, -0.2) is 0 Å². The first-order valence-corrected chi connectivity index (χ1v) is 12.7. The van der Waals surface area contributed by atoms with Crippen LogP contribution in [0.2, 0.25) is 0 Å². The Hall–Kier alpha value is -3.46. The first-order chi connectivity index (χ1) is 17.6. The summed E-state index contributed by atoms with van der Waals surface area (Å²) in [5.74, 6) is 0.171. The van der Waals surface area contributed by atoms with E-state index in [0.29, 0.717) is 50.2 Å². The van der Waals surface area contributed by atoms with Crippen LogP contribution in [-0.2, 0) is 20.9 Å². The second-order valence-electron chi connectivity index (χ2n) is 10.9. The van der Waals surface area contributed by atoms with E-state index in [1.165, 1.54) is 0 Å². The molecule has 9 heteroatoms. The molecule has 4 rings (SSSR count). The van der Waals surface area contributed by atoms with E-state index in [1.807, 2.05) is 37.8 Å². The molecule has 0 aliphatic carbocycles. The van der Waals surface area contributed by atoms with Crippen molar-refractivity contribution in [1.82, 2.24) is 20.1 Å². The maximum absolute atomic E-state index is 13.8. The molecule has 9 nitrogen and oxygen atoms in total. The SMILES string of the molecule is COc1ccc(C(=O)N2[C@H](C(=O)NCc3cccnc3)COC23CCN(C(=O)CC(C)(C)C)CC3)cc1. The molecule has 2 aliphatic rings. The molecule has 1 atom stereocenters. The Morgan fingerprint density at radius 1 is 1.14 bits per heavy atom. The minimum Gasteiger partial charge on any atom is -0.497 e. The zero-order valence-corrected chi connectivity index (χ0v) is 22.0. The number of hydrogen-bond acceptors (Lipinski definition) is 6. The summed E-state index contributed by atoms with van der Waals surface area (Å²) in [5.41, 5.74) is 0.251. The molecule has 1 aromatic heterocycles. The van der Waals surface area contributed by atoms with Gasteiger partial charge in [-0.15, -0.1) is 0 Å². The van der Waals surface area contributed by atoms with Crippen molar-refractivity contribution < 1.29 is 23.9 Å². The van der Waals surface area contributed by atoms with Gasteiger partial charge in [-0.1, -0.05) is 26.8 Å². The predicted octanol–water partition coefficient (Wildman–Crippen LogP) is 3.00. The summed E-state index contributed by atoms with van der Waals surface area (Å²) in [5, 5.41) is 2.93. The van der Waals surface area contributed by atoms with Crippen molar-refractivity contribution in [3.63, 3.8) is 0 Å². The van der Waals surface area contributed by atoms with E-state index in [0.717, 1.165) is 5.56 Å². The van der Waals surface area contributed by atoms with E-state index in [4.69, 9.17) is 9.47 Å². The Balaban J connectivity index is 1.54. The van der Waals surface area contributed by atoms with E-state index in [9.17, 15) is 14.4 Å². The highest BCUT2D eigenvalue weighted by molar-refractivity contribution is 5.98. The Morgan fingerprint density at radius 2 is 1.84 bits per heavy atom. The van der Waals surface area contributed by atoms with Gasteiger partial charge in [0.15, 0.2) is 0 Å². The molecule has 1 aromatic carbocycles. The minimum atomic E-state index is -0.953. The van der Waals surface area contributed by atoms with E-state index in [2.05, 4.69) is 10.3 Å². The average Bonchev–Trinajstić information content (AvgIpc) is 3.25. The molecule has 2 aliphatic heterocycles. The van der Waals surface area contributed by atoms with Gasteiger partial charge in [0, 0.05) is 56.9 Å². The van der Waals surface area contributed by atoms with Crippen LogP contribution in [0.3, 0.4) is 0 Å². The molecule has 2 fully saturated rings. The summed E-state index contributed by atoms with van der Waals surface area (Å²) in [6.45, 7) is 7.45. The van der Waals surface area contributed by atoms with Crippen molar-refractivity contribution in [2.24, 2.45) is 5.41 Å². The highest BCUT2D eigenvalue weighted by Crippen LogP contribution is 2.39. The van der Waals surface area contributed by atoms with Crippen LogP contribution in [0.4, 0.5) is 0 Å². The lowest BCUT2D eigenvalue weighted by Gasteiger charge is -2.44. The number of amides is 3. The molecular weight excluding hydrogens is 472 g/mol. The molecule has 2 aromatic rings. The zero-order valence-electron chi connectivity index (χ0n) is 22.0. The summed E-state index contributed by atoms with van der Waals surface area (Å²) in [4.78, 5) is 47.5. The molecule has 1 spiro atoms. The highest BCUT2D eigenvalue weighted by atomic mass is 16.5. The standard InChI is InChI=1S/C28H36N4O5/c1-27(2,3)16-24(33)31-14-11-28(12-15-31)32(26(35)21-7-9-22(36-4)10-8-21)23(19-37-28)25(34)30-18-20-6-5-13-29-17-20/h5-10,13,17,23H,11-12,14-16,18-19H2,1-4H3,(H,30,34)/t23-/m0/s1. The number of benzene rings is 1. The fraction of sp³-hybridized carbons (Fsp3) is 0.500. The Kier molecular flexibility index (Phi) is 7.82. The minimum absolute atomic E-state index is 0.0940. The topological polar surface area (TPSA) is 101 Å². The van der Waals surface area contributed by atoms with E-state index < -0.39 is 11.8 Å². The maximum Gasteiger partial charge on any atom is 0.256 e. The van der Waals surface area contributed by atoms with Crippen molar-refractivity contribution in [3.8, 4) is 5.75 Å². The Morgan fingerprint density at radius 3 is 2.43 bits per heavy atom. The number of methoxy groups -OCH3 is 1. The van der Waals surface area contributed by atoms with Crippen molar-refractivity contribution in [2.45, 2.75) is 58.3 Å². The third-order valence-corrected chi connectivity index (χ3v) is 6.89. The number of carbonyl (C=O) groups is 3. The number of nitrogens with zero attached hydrogens (tertiary/aromatic N) is 3. The van der Waals surface area contributed by atoms with Crippen molar-refractivity contribution in [1.29, 1.82) is 0 Å². The van der Waals surface area contributed by atoms with Crippen molar-refractivity contribution in [3.05, 3.63) is 59.9 Å². The molecule has 0 bridgehead atoms. The summed E-state index contributed by atoms with van der Waals surface area (Å²) in [7, 11) is 1.57. The molecule has 1 N–H and O–H groups in total. The van der Waals surface area contributed by atoms with Crippen LogP contribution < -0.4 is 10.1 Å². The van der Waals surface area contributed by atoms with Crippen molar-refractivity contribution >= 4 is 17.7 Å². The Labute approximate surface area is 218 Å². The molecule has 0 unspecified atom stereocenters. The molecule has 0 saturated carbocycles. The van der Waals surface area contributed by atoms with Gasteiger partial charge in [-0.3, -0.25) is 24.3 Å².